The predicted molar refractivity (Wildman–Crippen MR) is 121 cm³/mol. The molecule has 2 heterocycles. The number of benzene rings is 3. The van der Waals surface area contributed by atoms with Crippen molar-refractivity contribution in [3.05, 3.63) is 106 Å². The van der Waals surface area contributed by atoms with Crippen molar-refractivity contribution >= 4 is 29.2 Å². The van der Waals surface area contributed by atoms with Gasteiger partial charge in [0.05, 0.1) is 5.56 Å². The van der Waals surface area contributed by atoms with E-state index in [1.165, 1.54) is 0 Å². The zero-order valence-corrected chi connectivity index (χ0v) is 17.6. The molecule has 0 atom stereocenters. The minimum Gasteiger partial charge on any atom is -0.488 e. The van der Waals surface area contributed by atoms with Crippen molar-refractivity contribution in [2.75, 3.05) is 13.2 Å². The molecule has 3 aromatic carbocycles. The summed E-state index contributed by atoms with van der Waals surface area (Å²) >= 11 is 5.85. The van der Waals surface area contributed by atoms with Crippen molar-refractivity contribution in [1.82, 2.24) is 0 Å². The minimum absolute atomic E-state index is 0.138. The van der Waals surface area contributed by atoms with E-state index in [2.05, 4.69) is 0 Å². The number of para-hydroxylation sites is 1. The number of allylic oxidation sites excluding steroid dienone is 1. The van der Waals surface area contributed by atoms with Gasteiger partial charge in [-0.15, -0.1) is 0 Å². The summed E-state index contributed by atoms with van der Waals surface area (Å²) in [5.74, 6) is 1.49. The van der Waals surface area contributed by atoms with Crippen LogP contribution in [0.1, 0.15) is 26.3 Å². The van der Waals surface area contributed by atoms with Crippen molar-refractivity contribution < 1.29 is 23.8 Å². The van der Waals surface area contributed by atoms with Crippen LogP contribution in [0.15, 0.2) is 84.1 Å². The highest BCUT2D eigenvalue weighted by Crippen LogP contribution is 2.35. The van der Waals surface area contributed by atoms with Crippen LogP contribution < -0.4 is 14.2 Å². The second-order valence-electron chi connectivity index (χ2n) is 7.36. The lowest BCUT2D eigenvalue weighted by atomic mass is 10.1. The van der Waals surface area contributed by atoms with Crippen molar-refractivity contribution in [1.29, 1.82) is 0 Å². The summed E-state index contributed by atoms with van der Waals surface area (Å²) in [7, 11) is 0. The van der Waals surface area contributed by atoms with Gasteiger partial charge in [-0.2, -0.15) is 0 Å². The monoisotopic (exact) mass is 444 g/mol. The van der Waals surface area contributed by atoms with Crippen LogP contribution in [-0.4, -0.2) is 24.8 Å². The van der Waals surface area contributed by atoms with E-state index in [9.17, 15) is 9.59 Å². The van der Waals surface area contributed by atoms with Gasteiger partial charge >= 0.3 is 0 Å². The molecule has 2 aliphatic heterocycles. The molecule has 0 spiro atoms. The van der Waals surface area contributed by atoms with Gasteiger partial charge in [-0.25, -0.2) is 0 Å². The third-order valence-electron chi connectivity index (χ3n) is 5.15. The Balaban J connectivity index is 1.29. The van der Waals surface area contributed by atoms with Crippen LogP contribution >= 0.6 is 11.6 Å². The summed E-state index contributed by atoms with van der Waals surface area (Å²) in [6.07, 6.45) is 3.67. The van der Waals surface area contributed by atoms with Crippen LogP contribution in [0.2, 0.25) is 5.02 Å². The molecule has 0 N–H and O–H groups in total. The zero-order valence-electron chi connectivity index (χ0n) is 16.8. The number of carbonyl (C=O) groups is 2. The Morgan fingerprint density at radius 1 is 1.03 bits per heavy atom. The number of Topliss-reactive ketones (excluding diaryl/α,β-unsaturated/α-hetero) is 2. The number of ketones is 2. The summed E-state index contributed by atoms with van der Waals surface area (Å²) < 4.78 is 17.1. The van der Waals surface area contributed by atoms with Crippen LogP contribution in [0.25, 0.3) is 6.08 Å². The number of carbonyl (C=O) groups excluding carboxylic acids is 2. The van der Waals surface area contributed by atoms with Gasteiger partial charge in [-0.3, -0.25) is 9.59 Å². The topological polar surface area (TPSA) is 61.8 Å². The van der Waals surface area contributed by atoms with E-state index in [0.717, 1.165) is 16.9 Å². The maximum Gasteiger partial charge on any atom is 0.231 e. The molecule has 0 amide bonds. The van der Waals surface area contributed by atoms with E-state index in [1.807, 2.05) is 30.3 Å². The average Bonchev–Trinajstić information content (AvgIpc) is 3.12. The van der Waals surface area contributed by atoms with Crippen LogP contribution in [0.4, 0.5) is 0 Å². The molecule has 0 saturated carbocycles. The SMILES string of the molecule is O=C(COc1ccc2c(c1)O/C(=C\C1=Cc3ccccc3OC1)C2=O)c1ccc(Cl)cc1. The van der Waals surface area contributed by atoms with Crippen molar-refractivity contribution in [2.24, 2.45) is 0 Å². The van der Waals surface area contributed by atoms with Crippen molar-refractivity contribution in [2.45, 2.75) is 0 Å². The fourth-order valence-electron chi connectivity index (χ4n) is 3.51. The molecule has 0 aliphatic carbocycles. The average molecular weight is 445 g/mol. The molecule has 0 saturated heterocycles. The lowest BCUT2D eigenvalue weighted by Gasteiger charge is -2.15. The molecule has 5 rings (SSSR count). The minimum atomic E-state index is -0.205. The maximum absolute atomic E-state index is 12.7. The third kappa shape index (κ3) is 4.03. The fraction of sp³-hybridized carbons (Fsp3) is 0.0769. The lowest BCUT2D eigenvalue weighted by molar-refractivity contribution is 0.0921. The number of halogens is 1. The Labute approximate surface area is 189 Å². The first-order chi connectivity index (χ1) is 15.6. The molecule has 6 heteroatoms. The molecule has 3 aromatic rings. The van der Waals surface area contributed by atoms with Gasteiger partial charge in [0.2, 0.25) is 5.78 Å². The summed E-state index contributed by atoms with van der Waals surface area (Å²) in [5, 5.41) is 0.562. The third-order valence-corrected chi connectivity index (χ3v) is 5.40. The standard InChI is InChI=1S/C26H17ClO5/c27-19-7-5-17(6-8-19)22(28)15-30-20-9-10-21-24(13-20)32-25(26(21)29)12-16-11-18-3-1-2-4-23(18)31-14-16/h1-13H,14-15H2/b25-12-. The molecule has 0 unspecified atom stereocenters. The molecule has 32 heavy (non-hydrogen) atoms. The summed E-state index contributed by atoms with van der Waals surface area (Å²) in [4.78, 5) is 25.0. The van der Waals surface area contributed by atoms with Gasteiger partial charge in [0.25, 0.3) is 0 Å². The van der Waals surface area contributed by atoms with E-state index < -0.39 is 0 Å². The molecule has 0 bridgehead atoms. The number of hydrogen-bond acceptors (Lipinski definition) is 5. The molecule has 2 aliphatic rings. The second kappa shape index (κ2) is 8.36. The Morgan fingerprint density at radius 2 is 1.84 bits per heavy atom. The van der Waals surface area contributed by atoms with Gasteiger partial charge < -0.3 is 14.2 Å². The lowest BCUT2D eigenvalue weighted by Crippen LogP contribution is -2.11. The van der Waals surface area contributed by atoms with Crippen LogP contribution in [0.3, 0.4) is 0 Å². The maximum atomic E-state index is 12.7. The fourth-order valence-corrected chi connectivity index (χ4v) is 3.64. The highest BCUT2D eigenvalue weighted by atomic mass is 35.5. The first-order valence-electron chi connectivity index (χ1n) is 9.99. The van der Waals surface area contributed by atoms with Crippen LogP contribution in [0, 0.1) is 0 Å². The van der Waals surface area contributed by atoms with Gasteiger partial charge in [-0.05, 0) is 60.2 Å². The smallest absolute Gasteiger partial charge is 0.231 e. The van der Waals surface area contributed by atoms with Crippen molar-refractivity contribution in [3.63, 3.8) is 0 Å². The number of fused-ring (bicyclic) bond motifs is 2. The first-order valence-corrected chi connectivity index (χ1v) is 10.4. The Bertz CT molecular complexity index is 1290. The molecular formula is C26H17ClO5. The normalized spacial score (nSPS) is 15.3. The summed E-state index contributed by atoms with van der Waals surface area (Å²) in [6, 6.07) is 19.2. The van der Waals surface area contributed by atoms with Gasteiger partial charge in [0.15, 0.2) is 18.1 Å². The van der Waals surface area contributed by atoms with Crippen LogP contribution in [-0.2, 0) is 0 Å². The van der Waals surface area contributed by atoms with Gasteiger partial charge in [0, 0.05) is 22.2 Å². The van der Waals surface area contributed by atoms with Crippen LogP contribution in [0.5, 0.6) is 17.2 Å². The molecule has 0 fully saturated rings. The molecule has 158 valence electrons. The highest BCUT2D eigenvalue weighted by molar-refractivity contribution is 6.30. The zero-order chi connectivity index (χ0) is 22.1. The van der Waals surface area contributed by atoms with E-state index in [1.54, 1.807) is 48.5 Å². The van der Waals surface area contributed by atoms with E-state index in [-0.39, 0.29) is 23.9 Å². The first kappa shape index (κ1) is 20.1. The molecule has 0 radical (unpaired) electrons. The van der Waals surface area contributed by atoms with E-state index >= 15 is 0 Å². The quantitative estimate of drug-likeness (QED) is 0.382. The Hall–Kier alpha value is -3.83. The van der Waals surface area contributed by atoms with E-state index in [0.29, 0.717) is 34.3 Å². The molecule has 0 aromatic heterocycles. The second-order valence-corrected chi connectivity index (χ2v) is 7.80. The Morgan fingerprint density at radius 3 is 2.69 bits per heavy atom. The molecule has 5 nitrogen and oxygen atoms in total. The highest BCUT2D eigenvalue weighted by Gasteiger charge is 2.28. The summed E-state index contributed by atoms with van der Waals surface area (Å²) in [6.45, 7) is 0.218. The van der Waals surface area contributed by atoms with Crippen molar-refractivity contribution in [3.8, 4) is 17.2 Å². The van der Waals surface area contributed by atoms with Gasteiger partial charge in [-0.1, -0.05) is 29.8 Å². The predicted octanol–water partition coefficient (Wildman–Crippen LogP) is 5.54. The molecular weight excluding hydrogens is 428 g/mol. The number of rotatable bonds is 5. The Kier molecular flexibility index (Phi) is 5.25. The van der Waals surface area contributed by atoms with Gasteiger partial charge in [0.1, 0.15) is 23.9 Å². The largest absolute Gasteiger partial charge is 0.488 e. The number of hydrogen-bond donors (Lipinski definition) is 0. The van der Waals surface area contributed by atoms with E-state index in [4.69, 9.17) is 25.8 Å². The number of ether oxygens (including phenoxy) is 3. The summed E-state index contributed by atoms with van der Waals surface area (Å²) in [5.41, 5.74) is 2.75.